The van der Waals surface area contributed by atoms with Crippen LogP contribution >= 0.6 is 11.8 Å². The van der Waals surface area contributed by atoms with E-state index in [0.717, 1.165) is 5.56 Å². The van der Waals surface area contributed by atoms with Crippen molar-refractivity contribution in [1.82, 2.24) is 9.78 Å². The third-order valence-electron chi connectivity index (χ3n) is 2.47. The van der Waals surface area contributed by atoms with Gasteiger partial charge in [0.2, 0.25) is 0 Å². The van der Waals surface area contributed by atoms with Crippen LogP contribution in [0.25, 0.3) is 11.3 Å². The van der Waals surface area contributed by atoms with Gasteiger partial charge in [-0.05, 0) is 23.8 Å². The van der Waals surface area contributed by atoms with E-state index in [0.29, 0.717) is 22.4 Å². The molecule has 0 fully saturated rings. The van der Waals surface area contributed by atoms with Gasteiger partial charge in [0, 0.05) is 11.9 Å². The van der Waals surface area contributed by atoms with E-state index in [-0.39, 0.29) is 5.69 Å². The molecule has 0 aliphatic carbocycles. The van der Waals surface area contributed by atoms with Crippen molar-refractivity contribution < 1.29 is 18.7 Å². The zero-order valence-corrected chi connectivity index (χ0v) is 10.7. The number of hydrogen-bond donors (Lipinski definition) is 1. The lowest BCUT2D eigenvalue weighted by molar-refractivity contribution is 0.0689. The number of hydrogen-bond acceptors (Lipinski definition) is 3. The van der Waals surface area contributed by atoms with E-state index in [2.05, 4.69) is 5.10 Å². The summed E-state index contributed by atoms with van der Waals surface area (Å²) < 4.78 is 25.8. The molecular weight excluding hydrogens is 274 g/mol. The fraction of sp³-hybridized carbons (Fsp3) is 0.167. The maximum atomic E-state index is 12.2. The number of carbonyl (C=O) groups is 1. The molecule has 0 spiro atoms. The monoisotopic (exact) mass is 284 g/mol. The summed E-state index contributed by atoms with van der Waals surface area (Å²) in [7, 11) is 1.63. The van der Waals surface area contributed by atoms with Crippen LogP contribution in [0.15, 0.2) is 35.2 Å². The third kappa shape index (κ3) is 3.11. The smallest absolute Gasteiger partial charge is 0.356 e. The first-order valence-corrected chi connectivity index (χ1v) is 6.18. The quantitative estimate of drug-likeness (QED) is 0.876. The highest BCUT2D eigenvalue weighted by molar-refractivity contribution is 7.99. The molecule has 19 heavy (non-hydrogen) atoms. The van der Waals surface area contributed by atoms with Crippen molar-refractivity contribution >= 4 is 17.7 Å². The van der Waals surface area contributed by atoms with Crippen molar-refractivity contribution in [1.29, 1.82) is 0 Å². The molecule has 0 atom stereocenters. The summed E-state index contributed by atoms with van der Waals surface area (Å²) in [6.07, 6.45) is 0. The Morgan fingerprint density at radius 3 is 2.47 bits per heavy atom. The largest absolute Gasteiger partial charge is 0.476 e. The number of aromatic carboxylic acids is 1. The molecule has 0 saturated carbocycles. The van der Waals surface area contributed by atoms with E-state index < -0.39 is 11.7 Å². The Balaban J connectivity index is 2.29. The van der Waals surface area contributed by atoms with Gasteiger partial charge in [0.25, 0.3) is 5.76 Å². The molecule has 1 N–H and O–H groups in total. The van der Waals surface area contributed by atoms with Gasteiger partial charge in [-0.1, -0.05) is 23.9 Å². The summed E-state index contributed by atoms with van der Waals surface area (Å²) in [6, 6.07) is 7.90. The van der Waals surface area contributed by atoms with Crippen LogP contribution in [-0.4, -0.2) is 26.6 Å². The maximum Gasteiger partial charge on any atom is 0.356 e. The SMILES string of the molecule is Cn1nc(C(=O)O)cc1-c1ccc(SC(F)F)cc1. The van der Waals surface area contributed by atoms with Crippen molar-refractivity contribution in [2.24, 2.45) is 7.05 Å². The molecule has 0 unspecified atom stereocenters. The van der Waals surface area contributed by atoms with Crippen molar-refractivity contribution in [2.45, 2.75) is 10.7 Å². The molecule has 0 saturated heterocycles. The van der Waals surface area contributed by atoms with Crippen molar-refractivity contribution in [3.8, 4) is 11.3 Å². The minimum atomic E-state index is -2.46. The van der Waals surface area contributed by atoms with Gasteiger partial charge in [-0.2, -0.15) is 13.9 Å². The highest BCUT2D eigenvalue weighted by Crippen LogP contribution is 2.28. The van der Waals surface area contributed by atoms with E-state index in [9.17, 15) is 13.6 Å². The predicted octanol–water partition coefficient (Wildman–Crippen LogP) is 3.10. The second-order valence-corrected chi connectivity index (χ2v) is 4.81. The van der Waals surface area contributed by atoms with Gasteiger partial charge in [0.05, 0.1) is 5.69 Å². The summed E-state index contributed by atoms with van der Waals surface area (Å²) in [4.78, 5) is 11.3. The van der Waals surface area contributed by atoms with E-state index in [1.165, 1.54) is 10.7 Å². The van der Waals surface area contributed by atoms with Gasteiger partial charge >= 0.3 is 5.97 Å². The van der Waals surface area contributed by atoms with E-state index in [1.54, 1.807) is 31.3 Å². The van der Waals surface area contributed by atoms with Crippen LogP contribution in [0.3, 0.4) is 0 Å². The standard InChI is InChI=1S/C12H10F2N2O2S/c1-16-10(6-9(15-16)11(17)18)7-2-4-8(5-3-7)19-12(13)14/h2-6,12H,1H3,(H,17,18). The van der Waals surface area contributed by atoms with Crippen LogP contribution in [0.2, 0.25) is 0 Å². The number of carboxylic acids is 1. The summed E-state index contributed by atoms with van der Waals surface area (Å²) >= 11 is 0.467. The minimum absolute atomic E-state index is 0.0523. The lowest BCUT2D eigenvalue weighted by Crippen LogP contribution is -1.99. The molecule has 1 heterocycles. The Morgan fingerprint density at radius 2 is 2.00 bits per heavy atom. The Labute approximate surface area is 112 Å². The van der Waals surface area contributed by atoms with Gasteiger partial charge in [0.1, 0.15) is 0 Å². The second-order valence-electron chi connectivity index (χ2n) is 3.75. The number of halogens is 2. The third-order valence-corrected chi connectivity index (χ3v) is 3.20. The fourth-order valence-corrected chi connectivity index (χ4v) is 2.15. The van der Waals surface area contributed by atoms with Crippen LogP contribution in [0, 0.1) is 0 Å². The summed E-state index contributed by atoms with van der Waals surface area (Å²) in [6.45, 7) is 0. The first-order valence-electron chi connectivity index (χ1n) is 5.30. The van der Waals surface area contributed by atoms with Crippen molar-refractivity contribution in [3.05, 3.63) is 36.0 Å². The molecule has 0 aliphatic heterocycles. The lowest BCUT2D eigenvalue weighted by atomic mass is 10.1. The molecule has 0 bridgehead atoms. The lowest BCUT2D eigenvalue weighted by Gasteiger charge is -2.03. The Hall–Kier alpha value is -1.89. The van der Waals surface area contributed by atoms with Crippen molar-refractivity contribution in [3.63, 3.8) is 0 Å². The molecule has 100 valence electrons. The molecule has 1 aromatic heterocycles. The topological polar surface area (TPSA) is 55.1 Å². The molecule has 2 rings (SSSR count). The first kappa shape index (κ1) is 13.5. The number of thioether (sulfide) groups is 1. The van der Waals surface area contributed by atoms with Crippen LogP contribution < -0.4 is 0 Å². The number of aryl methyl sites for hydroxylation is 1. The number of nitrogens with zero attached hydrogens (tertiary/aromatic N) is 2. The molecule has 4 nitrogen and oxygen atoms in total. The van der Waals surface area contributed by atoms with Crippen LogP contribution in [0.4, 0.5) is 8.78 Å². The summed E-state index contributed by atoms with van der Waals surface area (Å²) in [5, 5.41) is 12.7. The number of benzene rings is 1. The number of alkyl halides is 2. The zero-order valence-electron chi connectivity index (χ0n) is 9.88. The normalized spacial score (nSPS) is 10.9. The van der Waals surface area contributed by atoms with Crippen LogP contribution in [0.5, 0.6) is 0 Å². The molecule has 2 aromatic rings. The van der Waals surface area contributed by atoms with E-state index in [4.69, 9.17) is 5.11 Å². The highest BCUT2D eigenvalue weighted by Gasteiger charge is 2.13. The number of carboxylic acid groups (broad SMARTS) is 1. The van der Waals surface area contributed by atoms with Crippen LogP contribution in [0.1, 0.15) is 10.5 Å². The van der Waals surface area contributed by atoms with Gasteiger partial charge in [0.15, 0.2) is 5.69 Å². The summed E-state index contributed by atoms with van der Waals surface area (Å²) in [5.41, 5.74) is 1.29. The average Bonchev–Trinajstić information content (AvgIpc) is 2.72. The van der Waals surface area contributed by atoms with Gasteiger partial charge in [-0.3, -0.25) is 4.68 Å². The molecule has 0 radical (unpaired) electrons. The van der Waals surface area contributed by atoms with E-state index in [1.807, 2.05) is 0 Å². The van der Waals surface area contributed by atoms with E-state index >= 15 is 0 Å². The minimum Gasteiger partial charge on any atom is -0.476 e. The van der Waals surface area contributed by atoms with Gasteiger partial charge < -0.3 is 5.11 Å². The number of aromatic nitrogens is 2. The molecule has 7 heteroatoms. The van der Waals surface area contributed by atoms with Crippen molar-refractivity contribution in [2.75, 3.05) is 0 Å². The van der Waals surface area contributed by atoms with Crippen LogP contribution in [-0.2, 0) is 7.05 Å². The molecule has 1 aromatic carbocycles. The zero-order chi connectivity index (χ0) is 14.0. The highest BCUT2D eigenvalue weighted by atomic mass is 32.2. The van der Waals surface area contributed by atoms with Gasteiger partial charge in [-0.15, -0.1) is 0 Å². The Kier molecular flexibility index (Phi) is 3.84. The fourth-order valence-electron chi connectivity index (χ4n) is 1.65. The average molecular weight is 284 g/mol. The molecule has 0 amide bonds. The maximum absolute atomic E-state index is 12.2. The molecule has 0 aliphatic rings. The Morgan fingerprint density at radius 1 is 1.37 bits per heavy atom. The predicted molar refractivity (Wildman–Crippen MR) is 67.5 cm³/mol. The number of rotatable bonds is 4. The Bertz CT molecular complexity index is 596. The summed E-state index contributed by atoms with van der Waals surface area (Å²) in [5.74, 6) is -3.56. The first-order chi connectivity index (χ1) is 8.97. The second kappa shape index (κ2) is 5.40. The van der Waals surface area contributed by atoms with Gasteiger partial charge in [-0.25, -0.2) is 4.79 Å². The molecular formula is C12H10F2N2O2S.